The minimum Gasteiger partial charge on any atom is -0.472 e. The summed E-state index contributed by atoms with van der Waals surface area (Å²) in [5.74, 6) is 0.888. The highest BCUT2D eigenvalue weighted by molar-refractivity contribution is 5.12. The van der Waals surface area contributed by atoms with Gasteiger partial charge in [-0.1, -0.05) is 11.6 Å². The van der Waals surface area contributed by atoms with Crippen LogP contribution < -0.4 is 0 Å². The number of nitrogens with zero attached hydrogens (tertiary/aromatic N) is 2. The number of aryl methyl sites for hydroxylation is 1. The standard InChI is InChI=1S/C14H18N2O2/c1-11-8-13(15-18-11)14-4-2-3-6-16(14)9-12-5-7-17-10-12/h5,7-8,10,14H,2-4,6,9H2,1H3/t14-/m1/s1. The summed E-state index contributed by atoms with van der Waals surface area (Å²) in [6, 6.07) is 4.46. The smallest absolute Gasteiger partial charge is 0.133 e. The van der Waals surface area contributed by atoms with Crippen LogP contribution in [0, 0.1) is 6.92 Å². The van der Waals surface area contributed by atoms with Crippen molar-refractivity contribution in [2.75, 3.05) is 6.54 Å². The molecule has 2 aromatic heterocycles. The largest absolute Gasteiger partial charge is 0.472 e. The first-order valence-electron chi connectivity index (χ1n) is 6.51. The second-order valence-corrected chi connectivity index (χ2v) is 4.98. The maximum atomic E-state index is 5.21. The predicted molar refractivity (Wildman–Crippen MR) is 67.0 cm³/mol. The van der Waals surface area contributed by atoms with Gasteiger partial charge in [0.15, 0.2) is 0 Å². The minimum atomic E-state index is 0.381. The summed E-state index contributed by atoms with van der Waals surface area (Å²) in [4.78, 5) is 2.46. The van der Waals surface area contributed by atoms with Gasteiger partial charge in [-0.15, -0.1) is 0 Å². The topological polar surface area (TPSA) is 42.4 Å². The fourth-order valence-corrected chi connectivity index (χ4v) is 2.68. The van der Waals surface area contributed by atoms with Gasteiger partial charge in [0.2, 0.25) is 0 Å². The summed E-state index contributed by atoms with van der Waals surface area (Å²) in [7, 11) is 0. The van der Waals surface area contributed by atoms with Crippen LogP contribution in [0.3, 0.4) is 0 Å². The third-order valence-corrected chi connectivity index (χ3v) is 3.57. The predicted octanol–water partition coefficient (Wildman–Crippen LogP) is 3.30. The van der Waals surface area contributed by atoms with E-state index in [2.05, 4.69) is 16.1 Å². The zero-order chi connectivity index (χ0) is 12.4. The van der Waals surface area contributed by atoms with Crippen molar-refractivity contribution in [3.05, 3.63) is 41.7 Å². The molecule has 0 aromatic carbocycles. The van der Waals surface area contributed by atoms with Gasteiger partial charge in [0, 0.05) is 18.2 Å². The van der Waals surface area contributed by atoms with Gasteiger partial charge >= 0.3 is 0 Å². The SMILES string of the molecule is Cc1cc([C@H]2CCCCN2Cc2ccoc2)no1. The Labute approximate surface area is 107 Å². The molecule has 1 fully saturated rings. The summed E-state index contributed by atoms with van der Waals surface area (Å²) < 4.78 is 10.3. The molecule has 4 nitrogen and oxygen atoms in total. The van der Waals surface area contributed by atoms with E-state index in [1.165, 1.54) is 18.4 Å². The van der Waals surface area contributed by atoms with Crippen molar-refractivity contribution in [3.8, 4) is 0 Å². The first kappa shape index (κ1) is 11.5. The number of rotatable bonds is 3. The van der Waals surface area contributed by atoms with Gasteiger partial charge in [-0.2, -0.15) is 0 Å². The number of aromatic nitrogens is 1. The van der Waals surface area contributed by atoms with Gasteiger partial charge < -0.3 is 8.94 Å². The lowest BCUT2D eigenvalue weighted by atomic mass is 9.98. The normalized spacial score (nSPS) is 21.3. The molecular weight excluding hydrogens is 228 g/mol. The van der Waals surface area contributed by atoms with E-state index in [9.17, 15) is 0 Å². The molecule has 0 spiro atoms. The molecule has 1 saturated heterocycles. The molecule has 0 bridgehead atoms. The zero-order valence-electron chi connectivity index (χ0n) is 10.6. The summed E-state index contributed by atoms with van der Waals surface area (Å²) in [5.41, 5.74) is 2.29. The van der Waals surface area contributed by atoms with Gasteiger partial charge in [0.25, 0.3) is 0 Å². The Morgan fingerprint density at radius 1 is 1.44 bits per heavy atom. The molecule has 3 rings (SSSR count). The lowest BCUT2D eigenvalue weighted by Crippen LogP contribution is -2.33. The molecule has 0 amide bonds. The molecule has 1 atom stereocenters. The van der Waals surface area contributed by atoms with Crippen molar-refractivity contribution in [2.45, 2.75) is 38.8 Å². The van der Waals surface area contributed by atoms with Gasteiger partial charge in [0.1, 0.15) is 11.5 Å². The van der Waals surface area contributed by atoms with Gasteiger partial charge in [0.05, 0.1) is 18.6 Å². The zero-order valence-corrected chi connectivity index (χ0v) is 10.6. The quantitative estimate of drug-likeness (QED) is 0.833. The molecule has 0 aliphatic carbocycles. The third kappa shape index (κ3) is 2.34. The monoisotopic (exact) mass is 246 g/mol. The highest BCUT2D eigenvalue weighted by Gasteiger charge is 2.26. The second-order valence-electron chi connectivity index (χ2n) is 4.98. The summed E-state index contributed by atoms with van der Waals surface area (Å²) in [5, 5.41) is 4.18. The highest BCUT2D eigenvalue weighted by Crippen LogP contribution is 2.31. The van der Waals surface area contributed by atoms with E-state index < -0.39 is 0 Å². The Bertz CT molecular complexity index is 490. The molecule has 1 aliphatic heterocycles. The number of piperidine rings is 1. The molecule has 0 saturated carbocycles. The molecule has 2 aromatic rings. The van der Waals surface area contributed by atoms with Crippen molar-refractivity contribution in [2.24, 2.45) is 0 Å². The fraction of sp³-hybridized carbons (Fsp3) is 0.500. The molecule has 96 valence electrons. The van der Waals surface area contributed by atoms with Crippen molar-refractivity contribution in [1.29, 1.82) is 0 Å². The first-order valence-corrected chi connectivity index (χ1v) is 6.51. The molecule has 1 aliphatic rings. The first-order chi connectivity index (χ1) is 8.83. The maximum Gasteiger partial charge on any atom is 0.133 e. The molecule has 4 heteroatoms. The lowest BCUT2D eigenvalue weighted by Gasteiger charge is -2.34. The van der Waals surface area contributed by atoms with Crippen LogP contribution in [0.5, 0.6) is 0 Å². The Morgan fingerprint density at radius 2 is 2.39 bits per heavy atom. The highest BCUT2D eigenvalue weighted by atomic mass is 16.5. The molecule has 0 radical (unpaired) electrons. The average molecular weight is 246 g/mol. The van der Waals surface area contributed by atoms with Crippen molar-refractivity contribution >= 4 is 0 Å². The minimum absolute atomic E-state index is 0.381. The molecule has 18 heavy (non-hydrogen) atoms. The van der Waals surface area contributed by atoms with Crippen LogP contribution in [0.2, 0.25) is 0 Å². The van der Waals surface area contributed by atoms with Gasteiger partial charge in [-0.25, -0.2) is 0 Å². The van der Waals surface area contributed by atoms with Crippen LogP contribution in [0.15, 0.2) is 33.6 Å². The lowest BCUT2D eigenvalue weighted by molar-refractivity contribution is 0.133. The Balaban J connectivity index is 1.77. The summed E-state index contributed by atoms with van der Waals surface area (Å²) in [6.45, 7) is 3.98. The van der Waals surface area contributed by atoms with E-state index in [1.54, 1.807) is 6.26 Å². The molecule has 3 heterocycles. The Kier molecular flexibility index (Phi) is 3.19. The van der Waals surface area contributed by atoms with Crippen LogP contribution in [-0.2, 0) is 6.54 Å². The maximum absolute atomic E-state index is 5.21. The van der Waals surface area contributed by atoms with Gasteiger partial charge in [-0.3, -0.25) is 4.90 Å². The van der Waals surface area contributed by atoms with Crippen LogP contribution in [-0.4, -0.2) is 16.6 Å². The Morgan fingerprint density at radius 3 is 3.11 bits per heavy atom. The fourth-order valence-electron chi connectivity index (χ4n) is 2.68. The number of furan rings is 1. The summed E-state index contributed by atoms with van der Waals surface area (Å²) >= 11 is 0. The average Bonchev–Trinajstić information content (AvgIpc) is 3.02. The van der Waals surface area contributed by atoms with E-state index in [4.69, 9.17) is 8.94 Å². The van der Waals surface area contributed by atoms with Crippen LogP contribution in [0.25, 0.3) is 0 Å². The van der Waals surface area contributed by atoms with E-state index in [0.717, 1.165) is 31.0 Å². The van der Waals surface area contributed by atoms with E-state index in [-0.39, 0.29) is 0 Å². The van der Waals surface area contributed by atoms with Crippen LogP contribution in [0.1, 0.15) is 42.3 Å². The Hall–Kier alpha value is -1.55. The molecule has 0 N–H and O–H groups in total. The number of hydrogen-bond acceptors (Lipinski definition) is 4. The van der Waals surface area contributed by atoms with Crippen molar-refractivity contribution in [1.82, 2.24) is 10.1 Å². The van der Waals surface area contributed by atoms with Crippen LogP contribution in [0.4, 0.5) is 0 Å². The second kappa shape index (κ2) is 4.98. The molecule has 0 unspecified atom stereocenters. The van der Waals surface area contributed by atoms with Gasteiger partial charge in [-0.05, 0) is 32.4 Å². The number of likely N-dealkylation sites (tertiary alicyclic amines) is 1. The number of hydrogen-bond donors (Lipinski definition) is 0. The van der Waals surface area contributed by atoms with E-state index >= 15 is 0 Å². The van der Waals surface area contributed by atoms with E-state index in [0.29, 0.717) is 6.04 Å². The van der Waals surface area contributed by atoms with E-state index in [1.807, 2.05) is 19.3 Å². The molecular formula is C14H18N2O2. The van der Waals surface area contributed by atoms with Crippen LogP contribution >= 0.6 is 0 Å². The summed E-state index contributed by atoms with van der Waals surface area (Å²) in [6.07, 6.45) is 7.22. The third-order valence-electron chi connectivity index (χ3n) is 3.57. The van der Waals surface area contributed by atoms with Crippen molar-refractivity contribution < 1.29 is 8.94 Å². The van der Waals surface area contributed by atoms with Crippen molar-refractivity contribution in [3.63, 3.8) is 0 Å².